The number of piperazine rings is 1. The van der Waals surface area contributed by atoms with Crippen molar-refractivity contribution in [2.75, 3.05) is 39.3 Å². The SMILES string of the molecule is CC[C@@H](c1ccc(F)cc1F)N1CCN(C(=O)[C@H]2CCNC2)CC1. The van der Waals surface area contributed by atoms with E-state index in [1.807, 2.05) is 11.8 Å². The van der Waals surface area contributed by atoms with Crippen LogP contribution in [0.1, 0.15) is 31.4 Å². The molecule has 0 aliphatic carbocycles. The van der Waals surface area contributed by atoms with Crippen molar-refractivity contribution in [3.05, 3.63) is 35.4 Å². The summed E-state index contributed by atoms with van der Waals surface area (Å²) in [5.74, 6) is -0.696. The Morgan fingerprint density at radius 3 is 2.62 bits per heavy atom. The van der Waals surface area contributed by atoms with Crippen LogP contribution in [0.2, 0.25) is 0 Å². The zero-order chi connectivity index (χ0) is 17.1. The summed E-state index contributed by atoms with van der Waals surface area (Å²) in [7, 11) is 0. The lowest BCUT2D eigenvalue weighted by molar-refractivity contribution is -0.137. The Morgan fingerprint density at radius 2 is 2.04 bits per heavy atom. The van der Waals surface area contributed by atoms with E-state index in [4.69, 9.17) is 0 Å². The summed E-state index contributed by atoms with van der Waals surface area (Å²) in [6.45, 7) is 6.50. The van der Waals surface area contributed by atoms with Crippen LogP contribution in [0.4, 0.5) is 8.78 Å². The smallest absolute Gasteiger partial charge is 0.227 e. The summed E-state index contributed by atoms with van der Waals surface area (Å²) in [5, 5.41) is 3.23. The molecule has 1 aromatic carbocycles. The highest BCUT2D eigenvalue weighted by Crippen LogP contribution is 2.28. The lowest BCUT2D eigenvalue weighted by Crippen LogP contribution is -2.51. The summed E-state index contributed by atoms with van der Waals surface area (Å²) in [4.78, 5) is 16.6. The first-order valence-corrected chi connectivity index (χ1v) is 8.78. The molecule has 0 unspecified atom stereocenters. The molecule has 1 amide bonds. The average Bonchev–Trinajstić information content (AvgIpc) is 3.12. The van der Waals surface area contributed by atoms with Gasteiger partial charge in [0.1, 0.15) is 11.6 Å². The second-order valence-electron chi connectivity index (χ2n) is 6.64. The number of nitrogens with zero attached hydrogens (tertiary/aromatic N) is 2. The van der Waals surface area contributed by atoms with Crippen molar-refractivity contribution in [3.63, 3.8) is 0 Å². The standard InChI is InChI=1S/C18H25F2N3O/c1-2-17(15-4-3-14(19)11-16(15)20)22-7-9-23(10-8-22)18(24)13-5-6-21-12-13/h3-4,11,13,17,21H,2,5-10,12H2,1H3/t13-,17-/m0/s1. The van der Waals surface area contributed by atoms with Crippen LogP contribution in [0.5, 0.6) is 0 Å². The summed E-state index contributed by atoms with van der Waals surface area (Å²) in [6, 6.07) is 3.73. The van der Waals surface area contributed by atoms with E-state index in [1.54, 1.807) is 6.07 Å². The molecule has 2 saturated heterocycles. The third-order valence-corrected chi connectivity index (χ3v) is 5.18. The van der Waals surface area contributed by atoms with Crippen LogP contribution in [0.3, 0.4) is 0 Å². The van der Waals surface area contributed by atoms with Crippen LogP contribution in [0.15, 0.2) is 18.2 Å². The molecule has 1 aromatic rings. The van der Waals surface area contributed by atoms with Gasteiger partial charge in [-0.25, -0.2) is 8.78 Å². The van der Waals surface area contributed by atoms with Gasteiger partial charge in [0, 0.05) is 50.4 Å². The summed E-state index contributed by atoms with van der Waals surface area (Å²) < 4.78 is 27.3. The number of amides is 1. The number of carbonyl (C=O) groups excluding carboxylic acids is 1. The third kappa shape index (κ3) is 3.59. The highest BCUT2D eigenvalue weighted by atomic mass is 19.1. The minimum atomic E-state index is -0.549. The molecular weight excluding hydrogens is 312 g/mol. The molecule has 2 aliphatic rings. The Labute approximate surface area is 141 Å². The summed E-state index contributed by atoms with van der Waals surface area (Å²) in [5.41, 5.74) is 0.540. The lowest BCUT2D eigenvalue weighted by atomic mass is 10.0. The van der Waals surface area contributed by atoms with Crippen LogP contribution >= 0.6 is 0 Å². The van der Waals surface area contributed by atoms with Crippen molar-refractivity contribution in [1.82, 2.24) is 15.1 Å². The van der Waals surface area contributed by atoms with Crippen molar-refractivity contribution in [2.45, 2.75) is 25.8 Å². The molecule has 0 radical (unpaired) electrons. The van der Waals surface area contributed by atoms with Crippen molar-refractivity contribution < 1.29 is 13.6 Å². The van der Waals surface area contributed by atoms with Crippen LogP contribution < -0.4 is 5.32 Å². The monoisotopic (exact) mass is 337 g/mol. The highest BCUT2D eigenvalue weighted by molar-refractivity contribution is 5.79. The van der Waals surface area contributed by atoms with E-state index in [1.165, 1.54) is 6.07 Å². The van der Waals surface area contributed by atoms with Gasteiger partial charge in [-0.05, 0) is 25.5 Å². The molecule has 0 saturated carbocycles. The number of hydrogen-bond acceptors (Lipinski definition) is 3. The molecule has 6 heteroatoms. The lowest BCUT2D eigenvalue weighted by Gasteiger charge is -2.40. The van der Waals surface area contributed by atoms with Gasteiger partial charge in [-0.1, -0.05) is 13.0 Å². The van der Waals surface area contributed by atoms with Crippen LogP contribution in [0, 0.1) is 17.6 Å². The first-order valence-electron chi connectivity index (χ1n) is 8.78. The van der Waals surface area contributed by atoms with Crippen molar-refractivity contribution >= 4 is 5.91 Å². The minimum Gasteiger partial charge on any atom is -0.340 e. The van der Waals surface area contributed by atoms with Crippen LogP contribution in [-0.4, -0.2) is 55.0 Å². The van der Waals surface area contributed by atoms with Gasteiger partial charge in [-0.15, -0.1) is 0 Å². The largest absolute Gasteiger partial charge is 0.340 e. The molecule has 0 bridgehead atoms. The normalized spacial score (nSPS) is 23.5. The fraction of sp³-hybridized carbons (Fsp3) is 0.611. The number of carbonyl (C=O) groups is 1. The van der Waals surface area contributed by atoms with Gasteiger partial charge >= 0.3 is 0 Å². The average molecular weight is 337 g/mol. The van der Waals surface area contributed by atoms with E-state index < -0.39 is 11.6 Å². The molecule has 132 valence electrons. The van der Waals surface area contributed by atoms with Crippen LogP contribution in [-0.2, 0) is 4.79 Å². The molecule has 3 rings (SSSR count). The molecule has 0 aromatic heterocycles. The number of rotatable bonds is 4. The second-order valence-corrected chi connectivity index (χ2v) is 6.64. The Balaban J connectivity index is 1.63. The maximum Gasteiger partial charge on any atom is 0.227 e. The van der Waals surface area contributed by atoms with Gasteiger partial charge in [0.05, 0.1) is 5.92 Å². The Bertz CT molecular complexity index is 582. The van der Waals surface area contributed by atoms with Gasteiger partial charge in [0.2, 0.25) is 5.91 Å². The fourth-order valence-corrected chi connectivity index (χ4v) is 3.82. The molecule has 1 N–H and O–H groups in total. The molecule has 0 spiro atoms. The first-order chi connectivity index (χ1) is 11.6. The summed E-state index contributed by atoms with van der Waals surface area (Å²) in [6.07, 6.45) is 1.67. The van der Waals surface area contributed by atoms with Gasteiger partial charge < -0.3 is 10.2 Å². The van der Waals surface area contributed by atoms with E-state index in [9.17, 15) is 13.6 Å². The van der Waals surface area contributed by atoms with Crippen molar-refractivity contribution in [3.8, 4) is 0 Å². The maximum atomic E-state index is 14.1. The number of hydrogen-bond donors (Lipinski definition) is 1. The van der Waals surface area contributed by atoms with E-state index in [0.29, 0.717) is 18.7 Å². The van der Waals surface area contributed by atoms with Crippen LogP contribution in [0.25, 0.3) is 0 Å². The molecule has 2 heterocycles. The van der Waals surface area contributed by atoms with Crippen molar-refractivity contribution in [1.29, 1.82) is 0 Å². The highest BCUT2D eigenvalue weighted by Gasteiger charge is 2.31. The zero-order valence-electron chi connectivity index (χ0n) is 14.1. The first kappa shape index (κ1) is 17.3. The van der Waals surface area contributed by atoms with Gasteiger partial charge in [-0.2, -0.15) is 0 Å². The summed E-state index contributed by atoms with van der Waals surface area (Å²) >= 11 is 0. The van der Waals surface area contributed by atoms with E-state index in [0.717, 1.165) is 45.1 Å². The minimum absolute atomic E-state index is 0.0731. The maximum absolute atomic E-state index is 14.1. The zero-order valence-corrected chi connectivity index (χ0v) is 14.1. The molecule has 24 heavy (non-hydrogen) atoms. The van der Waals surface area contributed by atoms with Crippen molar-refractivity contribution in [2.24, 2.45) is 5.92 Å². The number of benzene rings is 1. The molecule has 2 aliphatic heterocycles. The van der Waals surface area contributed by atoms with Gasteiger partial charge in [-0.3, -0.25) is 9.69 Å². The molecule has 2 fully saturated rings. The molecular formula is C18H25F2N3O. The van der Waals surface area contributed by atoms with E-state index >= 15 is 0 Å². The quantitative estimate of drug-likeness (QED) is 0.915. The number of nitrogens with one attached hydrogen (secondary N) is 1. The predicted octanol–water partition coefficient (Wildman–Crippen LogP) is 2.17. The predicted molar refractivity (Wildman–Crippen MR) is 88.5 cm³/mol. The Kier molecular flexibility index (Phi) is 5.46. The van der Waals surface area contributed by atoms with Gasteiger partial charge in [0.25, 0.3) is 0 Å². The Morgan fingerprint density at radius 1 is 1.29 bits per heavy atom. The molecule has 2 atom stereocenters. The second kappa shape index (κ2) is 7.57. The fourth-order valence-electron chi connectivity index (χ4n) is 3.82. The van der Waals surface area contributed by atoms with Gasteiger partial charge in [0.15, 0.2) is 0 Å². The molecule has 4 nitrogen and oxygen atoms in total. The van der Waals surface area contributed by atoms with E-state index in [2.05, 4.69) is 10.2 Å². The number of halogens is 2. The third-order valence-electron chi connectivity index (χ3n) is 5.18. The van der Waals surface area contributed by atoms with E-state index in [-0.39, 0.29) is 17.9 Å². The Hall–Kier alpha value is -1.53. The topological polar surface area (TPSA) is 35.6 Å².